The molecule has 0 saturated heterocycles. The van der Waals surface area contributed by atoms with Gasteiger partial charge in [0.25, 0.3) is 0 Å². The molecule has 10 N–H and O–H groups in total. The monoisotopic (exact) mass is 565 g/mol. The van der Waals surface area contributed by atoms with Gasteiger partial charge in [-0.05, 0) is 33.1 Å². The topological polar surface area (TPSA) is 257 Å². The van der Waals surface area contributed by atoms with Crippen molar-refractivity contribution in [2.24, 2.45) is 11.7 Å². The third-order valence-corrected chi connectivity index (χ3v) is 5.45. The van der Waals surface area contributed by atoms with Crippen molar-refractivity contribution in [1.82, 2.24) is 21.3 Å². The van der Waals surface area contributed by atoms with E-state index in [9.17, 15) is 39.0 Å². The average Bonchev–Trinajstić information content (AvgIpc) is 2.76. The molecule has 0 bridgehead atoms. The number of amides is 4. The van der Waals surface area contributed by atoms with Gasteiger partial charge in [-0.1, -0.05) is 13.8 Å². The number of thiol groups is 1. The predicted octanol–water partition coefficient (Wildman–Crippen LogP) is -3.06. The van der Waals surface area contributed by atoms with Crippen LogP contribution in [0.5, 0.6) is 0 Å². The van der Waals surface area contributed by atoms with Crippen molar-refractivity contribution in [1.29, 1.82) is 0 Å². The Kier molecular flexibility index (Phi) is 14.3. The first-order chi connectivity index (χ1) is 17.3. The van der Waals surface area contributed by atoms with E-state index >= 15 is 0 Å². The molecule has 16 heteroatoms. The highest BCUT2D eigenvalue weighted by molar-refractivity contribution is 7.81. The Morgan fingerprint density at radius 2 is 1.34 bits per heavy atom. The Balaban J connectivity index is 5.82. The molecule has 0 spiro atoms. The van der Waals surface area contributed by atoms with Crippen molar-refractivity contribution < 1.29 is 49.2 Å². The maximum Gasteiger partial charge on any atom is 0.327 e. The zero-order valence-electron chi connectivity index (χ0n) is 21.9. The molecule has 0 aromatic carbocycles. The molecule has 6 atom stereocenters. The molecule has 0 rings (SSSR count). The molecule has 0 radical (unpaired) electrons. The molecule has 0 fully saturated rings. The lowest BCUT2D eigenvalue weighted by Crippen LogP contribution is -2.62. The van der Waals surface area contributed by atoms with Gasteiger partial charge in [0.15, 0.2) is 0 Å². The van der Waals surface area contributed by atoms with Gasteiger partial charge in [0.1, 0.15) is 30.2 Å². The minimum absolute atomic E-state index is 0.0636. The van der Waals surface area contributed by atoms with Gasteiger partial charge in [0, 0.05) is 4.75 Å². The second-order valence-electron chi connectivity index (χ2n) is 9.80. The number of carboxylic acid groups (broad SMARTS) is 2. The maximum absolute atomic E-state index is 13.0. The summed E-state index contributed by atoms with van der Waals surface area (Å²) in [7, 11) is 0. The average molecular weight is 566 g/mol. The van der Waals surface area contributed by atoms with E-state index in [1.807, 2.05) is 0 Å². The van der Waals surface area contributed by atoms with Gasteiger partial charge in [-0.2, -0.15) is 12.6 Å². The number of carbonyl (C=O) groups excluding carboxylic acids is 4. The van der Waals surface area contributed by atoms with E-state index in [1.165, 1.54) is 13.8 Å². The summed E-state index contributed by atoms with van der Waals surface area (Å²) >= 11 is 4.20. The van der Waals surface area contributed by atoms with Crippen LogP contribution in [0.15, 0.2) is 0 Å². The van der Waals surface area contributed by atoms with Gasteiger partial charge < -0.3 is 47.4 Å². The van der Waals surface area contributed by atoms with Crippen molar-refractivity contribution >= 4 is 48.2 Å². The summed E-state index contributed by atoms with van der Waals surface area (Å²) < 4.78 is -1.16. The normalized spacial score (nSPS) is 16.3. The van der Waals surface area contributed by atoms with Crippen LogP contribution in [0.25, 0.3) is 0 Å². The zero-order chi connectivity index (χ0) is 30.0. The van der Waals surface area contributed by atoms with Gasteiger partial charge in [0.05, 0.1) is 19.1 Å². The smallest absolute Gasteiger partial charge is 0.327 e. The second kappa shape index (κ2) is 15.5. The summed E-state index contributed by atoms with van der Waals surface area (Å²) in [4.78, 5) is 73.4. The standard InChI is InChI=1S/C22H39N5O10S/c1-9(2)6-12(19(34)27-16(21(36)37)22(4,5)38)25-20(35)15(10(3)29)26-18(33)13(7-14(30)31)24-17(32)11(23)8-28/h9-13,15-16,28-29,38H,6-8,23H2,1-5H3,(H,24,32)(H,25,35)(H,26,33)(H,27,34)(H,30,31)(H,36,37)/t10-,11+,12+,13+,15+,16-/m1/s1. The molecule has 4 amide bonds. The molecule has 38 heavy (non-hydrogen) atoms. The number of hydrogen-bond acceptors (Lipinski definition) is 10. The Bertz CT molecular complexity index is 877. The van der Waals surface area contributed by atoms with Crippen LogP contribution in [0.2, 0.25) is 0 Å². The van der Waals surface area contributed by atoms with Gasteiger partial charge in [-0.3, -0.25) is 24.0 Å². The summed E-state index contributed by atoms with van der Waals surface area (Å²) in [5.41, 5.74) is 5.37. The first-order valence-electron chi connectivity index (χ1n) is 11.7. The quantitative estimate of drug-likeness (QED) is 0.0840. The molecule has 218 valence electrons. The molecule has 0 unspecified atom stereocenters. The summed E-state index contributed by atoms with van der Waals surface area (Å²) in [6.07, 6.45) is -2.38. The fraction of sp³-hybridized carbons (Fsp3) is 0.727. The molecular formula is C22H39N5O10S. The van der Waals surface area contributed by atoms with Crippen molar-refractivity contribution in [3.05, 3.63) is 0 Å². The van der Waals surface area contributed by atoms with Crippen molar-refractivity contribution in [3.63, 3.8) is 0 Å². The Labute approximate surface area is 225 Å². The summed E-state index contributed by atoms with van der Waals surface area (Å²) in [6, 6.07) is -7.53. The van der Waals surface area contributed by atoms with E-state index in [1.54, 1.807) is 13.8 Å². The van der Waals surface area contributed by atoms with Gasteiger partial charge in [0.2, 0.25) is 23.6 Å². The fourth-order valence-electron chi connectivity index (χ4n) is 3.15. The lowest BCUT2D eigenvalue weighted by Gasteiger charge is -2.30. The summed E-state index contributed by atoms with van der Waals surface area (Å²) in [5.74, 6) is -7.03. The highest BCUT2D eigenvalue weighted by Crippen LogP contribution is 2.18. The van der Waals surface area contributed by atoms with E-state index in [0.717, 1.165) is 6.92 Å². The number of hydrogen-bond donors (Lipinski definition) is 10. The Morgan fingerprint density at radius 3 is 1.74 bits per heavy atom. The third kappa shape index (κ3) is 12.1. The minimum Gasteiger partial charge on any atom is -0.481 e. The number of aliphatic hydroxyl groups excluding tert-OH is 2. The van der Waals surface area contributed by atoms with Crippen LogP contribution >= 0.6 is 12.6 Å². The second-order valence-corrected chi connectivity index (χ2v) is 11.0. The first kappa shape index (κ1) is 35.0. The van der Waals surface area contributed by atoms with Crippen molar-refractivity contribution in [2.45, 2.75) is 88.5 Å². The Hall–Kier alpha value is -2.95. The fourth-order valence-corrected chi connectivity index (χ4v) is 3.33. The molecule has 0 aliphatic carbocycles. The van der Waals surface area contributed by atoms with Crippen LogP contribution in [0.1, 0.15) is 47.5 Å². The van der Waals surface area contributed by atoms with Crippen LogP contribution < -0.4 is 27.0 Å². The van der Waals surface area contributed by atoms with E-state index in [-0.39, 0.29) is 12.3 Å². The number of aliphatic carboxylic acids is 2. The molecule has 0 aromatic heterocycles. The van der Waals surface area contributed by atoms with Crippen LogP contribution in [-0.4, -0.2) is 104 Å². The van der Waals surface area contributed by atoms with Gasteiger partial charge in [-0.15, -0.1) is 0 Å². The number of nitrogens with one attached hydrogen (secondary N) is 4. The van der Waals surface area contributed by atoms with Crippen molar-refractivity contribution in [2.75, 3.05) is 6.61 Å². The lowest BCUT2D eigenvalue weighted by atomic mass is 9.99. The molecule has 0 aliphatic heterocycles. The SMILES string of the molecule is CC(C)C[C@H](NC(=O)[C@@H](NC(=O)[C@H](CC(=O)O)NC(=O)[C@@H](N)CO)[C@@H](C)O)C(=O)N[C@H](C(=O)O)C(C)(C)S. The molecule has 0 saturated carbocycles. The van der Waals surface area contributed by atoms with Crippen LogP contribution in [0.3, 0.4) is 0 Å². The van der Waals surface area contributed by atoms with E-state index in [0.29, 0.717) is 0 Å². The molecule has 0 heterocycles. The van der Waals surface area contributed by atoms with E-state index in [2.05, 4.69) is 33.9 Å². The van der Waals surface area contributed by atoms with E-state index in [4.69, 9.17) is 15.9 Å². The lowest BCUT2D eigenvalue weighted by molar-refractivity contribution is -0.143. The molecule has 15 nitrogen and oxygen atoms in total. The number of nitrogens with two attached hydrogens (primary N) is 1. The van der Waals surface area contributed by atoms with E-state index < -0.39 is 89.7 Å². The molecule has 0 aliphatic rings. The largest absolute Gasteiger partial charge is 0.481 e. The number of carbonyl (C=O) groups is 6. The number of aliphatic hydroxyl groups is 2. The zero-order valence-corrected chi connectivity index (χ0v) is 22.8. The molecule has 0 aromatic rings. The number of rotatable bonds is 16. The third-order valence-electron chi connectivity index (χ3n) is 5.19. The van der Waals surface area contributed by atoms with Crippen LogP contribution in [0.4, 0.5) is 0 Å². The maximum atomic E-state index is 13.0. The number of carboxylic acids is 2. The summed E-state index contributed by atoms with van der Waals surface area (Å²) in [5, 5.41) is 46.6. The molecular weight excluding hydrogens is 526 g/mol. The van der Waals surface area contributed by atoms with Crippen LogP contribution in [-0.2, 0) is 28.8 Å². The highest BCUT2D eigenvalue weighted by atomic mass is 32.1. The van der Waals surface area contributed by atoms with Crippen LogP contribution in [0, 0.1) is 5.92 Å². The first-order valence-corrected chi connectivity index (χ1v) is 12.2. The minimum atomic E-state index is -1.71. The highest BCUT2D eigenvalue weighted by Gasteiger charge is 2.37. The summed E-state index contributed by atoms with van der Waals surface area (Å²) in [6.45, 7) is 6.81. The van der Waals surface area contributed by atoms with Crippen molar-refractivity contribution in [3.8, 4) is 0 Å². The predicted molar refractivity (Wildman–Crippen MR) is 137 cm³/mol. The van der Waals surface area contributed by atoms with Gasteiger partial charge >= 0.3 is 11.9 Å². The van der Waals surface area contributed by atoms with Gasteiger partial charge in [-0.25, -0.2) is 4.79 Å². The Morgan fingerprint density at radius 1 is 0.842 bits per heavy atom.